The summed E-state index contributed by atoms with van der Waals surface area (Å²) < 4.78 is 14.9. The lowest BCUT2D eigenvalue weighted by Crippen LogP contribution is -1.82. The SMILES string of the molecule is CSc1nc2cc(F)c(C#N)cc2s1. The summed E-state index contributed by atoms with van der Waals surface area (Å²) in [5, 5.41) is 8.63. The van der Waals surface area contributed by atoms with Gasteiger partial charge in [-0.15, -0.1) is 11.3 Å². The van der Waals surface area contributed by atoms with Crippen LogP contribution in [0.5, 0.6) is 0 Å². The maximum atomic E-state index is 13.2. The number of rotatable bonds is 1. The zero-order valence-electron chi connectivity index (χ0n) is 7.24. The number of thiazole rings is 1. The van der Waals surface area contributed by atoms with E-state index in [4.69, 9.17) is 5.26 Å². The zero-order valence-corrected chi connectivity index (χ0v) is 8.88. The molecule has 2 rings (SSSR count). The number of aromatic nitrogens is 1. The molecule has 1 aromatic carbocycles. The van der Waals surface area contributed by atoms with Gasteiger partial charge in [0, 0.05) is 6.07 Å². The van der Waals surface area contributed by atoms with Crippen molar-refractivity contribution < 1.29 is 4.39 Å². The molecule has 0 spiro atoms. The van der Waals surface area contributed by atoms with Crippen LogP contribution in [-0.2, 0) is 0 Å². The smallest absolute Gasteiger partial charge is 0.150 e. The van der Waals surface area contributed by atoms with Crippen molar-refractivity contribution in [3.8, 4) is 6.07 Å². The molecule has 0 N–H and O–H groups in total. The molecule has 0 aliphatic rings. The number of nitriles is 1. The predicted molar refractivity (Wildman–Crippen MR) is 56.1 cm³/mol. The van der Waals surface area contributed by atoms with Crippen molar-refractivity contribution in [2.45, 2.75) is 4.34 Å². The average Bonchev–Trinajstić information content (AvgIpc) is 2.58. The largest absolute Gasteiger partial charge is 0.230 e. The lowest BCUT2D eigenvalue weighted by molar-refractivity contribution is 0.625. The third kappa shape index (κ3) is 1.47. The average molecular weight is 224 g/mol. The second-order valence-corrected chi connectivity index (χ2v) is 4.68. The summed E-state index contributed by atoms with van der Waals surface area (Å²) in [6.45, 7) is 0. The lowest BCUT2D eigenvalue weighted by Gasteiger charge is -1.91. The zero-order chi connectivity index (χ0) is 10.1. The Kier molecular flexibility index (Phi) is 2.40. The van der Waals surface area contributed by atoms with Crippen LogP contribution in [-0.4, -0.2) is 11.2 Å². The Morgan fingerprint density at radius 2 is 2.36 bits per heavy atom. The number of thioether (sulfide) groups is 1. The molecule has 0 saturated carbocycles. The van der Waals surface area contributed by atoms with Crippen LogP contribution in [0.2, 0.25) is 0 Å². The number of halogens is 1. The minimum absolute atomic E-state index is 0.0776. The van der Waals surface area contributed by atoms with Gasteiger partial charge >= 0.3 is 0 Å². The first-order valence-corrected chi connectivity index (χ1v) is 5.83. The van der Waals surface area contributed by atoms with Crippen molar-refractivity contribution in [3.63, 3.8) is 0 Å². The van der Waals surface area contributed by atoms with Gasteiger partial charge in [0.25, 0.3) is 0 Å². The van der Waals surface area contributed by atoms with Gasteiger partial charge in [-0.3, -0.25) is 0 Å². The molecular weight excluding hydrogens is 219 g/mol. The molecule has 0 bridgehead atoms. The summed E-state index contributed by atoms with van der Waals surface area (Å²) in [7, 11) is 0. The summed E-state index contributed by atoms with van der Waals surface area (Å²) in [6.07, 6.45) is 1.92. The van der Waals surface area contributed by atoms with Crippen LogP contribution in [0, 0.1) is 17.1 Å². The third-order valence-electron chi connectivity index (χ3n) is 1.75. The van der Waals surface area contributed by atoms with Gasteiger partial charge in [0.05, 0.1) is 15.8 Å². The van der Waals surface area contributed by atoms with Crippen LogP contribution in [0.4, 0.5) is 4.39 Å². The Labute approximate surface area is 88.4 Å². The van der Waals surface area contributed by atoms with E-state index in [0.717, 1.165) is 9.04 Å². The van der Waals surface area contributed by atoms with Crippen molar-refractivity contribution >= 4 is 33.3 Å². The first kappa shape index (κ1) is 9.44. The minimum atomic E-state index is -0.502. The van der Waals surface area contributed by atoms with E-state index < -0.39 is 5.82 Å². The fraction of sp³-hybridized carbons (Fsp3) is 0.111. The molecule has 70 valence electrons. The van der Waals surface area contributed by atoms with Gasteiger partial charge in [0.1, 0.15) is 11.9 Å². The molecule has 0 radical (unpaired) electrons. The van der Waals surface area contributed by atoms with Gasteiger partial charge in [-0.2, -0.15) is 5.26 Å². The molecule has 0 fully saturated rings. The standard InChI is InChI=1S/C9H5FN2S2/c1-13-9-12-7-3-6(10)5(4-11)2-8(7)14-9/h2-3H,1H3. The first-order chi connectivity index (χ1) is 6.74. The van der Waals surface area contributed by atoms with Gasteiger partial charge in [-0.05, 0) is 12.3 Å². The Morgan fingerprint density at radius 1 is 1.57 bits per heavy atom. The number of benzene rings is 1. The van der Waals surface area contributed by atoms with Crippen LogP contribution in [0.1, 0.15) is 5.56 Å². The van der Waals surface area contributed by atoms with Crippen molar-refractivity contribution in [2.24, 2.45) is 0 Å². The highest BCUT2D eigenvalue weighted by atomic mass is 32.2. The molecular formula is C9H5FN2S2. The number of hydrogen-bond acceptors (Lipinski definition) is 4. The summed E-state index contributed by atoms with van der Waals surface area (Å²) in [5.41, 5.74) is 0.699. The monoisotopic (exact) mass is 224 g/mol. The number of fused-ring (bicyclic) bond motifs is 1. The minimum Gasteiger partial charge on any atom is -0.230 e. The van der Waals surface area contributed by atoms with Crippen molar-refractivity contribution in [2.75, 3.05) is 6.26 Å². The molecule has 2 nitrogen and oxygen atoms in total. The van der Waals surface area contributed by atoms with Crippen LogP contribution < -0.4 is 0 Å². The first-order valence-electron chi connectivity index (χ1n) is 3.79. The molecule has 5 heteroatoms. The molecule has 1 heterocycles. The molecule has 0 amide bonds. The second kappa shape index (κ2) is 3.56. The van der Waals surface area contributed by atoms with Crippen LogP contribution in [0.25, 0.3) is 10.2 Å². The van der Waals surface area contributed by atoms with E-state index in [1.165, 1.54) is 29.2 Å². The molecule has 2 aromatic rings. The molecule has 0 aliphatic carbocycles. The Hall–Kier alpha value is -1.12. The van der Waals surface area contributed by atoms with Gasteiger partial charge in [-0.25, -0.2) is 9.37 Å². The fourth-order valence-corrected chi connectivity index (χ4v) is 2.61. The van der Waals surface area contributed by atoms with Gasteiger partial charge < -0.3 is 0 Å². The van der Waals surface area contributed by atoms with Crippen molar-refractivity contribution in [1.29, 1.82) is 5.26 Å². The van der Waals surface area contributed by atoms with Gasteiger partial charge in [-0.1, -0.05) is 11.8 Å². The predicted octanol–water partition coefficient (Wildman–Crippen LogP) is 3.03. The molecule has 14 heavy (non-hydrogen) atoms. The van der Waals surface area contributed by atoms with Gasteiger partial charge in [0.2, 0.25) is 0 Å². The highest BCUT2D eigenvalue weighted by Gasteiger charge is 2.08. The summed E-state index contributed by atoms with van der Waals surface area (Å²) in [5.74, 6) is -0.502. The van der Waals surface area contributed by atoms with Crippen LogP contribution >= 0.6 is 23.1 Å². The highest BCUT2D eigenvalue weighted by Crippen LogP contribution is 2.29. The normalized spacial score (nSPS) is 10.4. The van der Waals surface area contributed by atoms with Crippen LogP contribution in [0.15, 0.2) is 16.5 Å². The second-order valence-electron chi connectivity index (χ2n) is 2.60. The highest BCUT2D eigenvalue weighted by molar-refractivity contribution is 8.00. The quantitative estimate of drug-likeness (QED) is 0.699. The van der Waals surface area contributed by atoms with E-state index in [9.17, 15) is 4.39 Å². The lowest BCUT2D eigenvalue weighted by atomic mass is 10.2. The van der Waals surface area contributed by atoms with E-state index in [2.05, 4.69) is 4.98 Å². The summed E-state index contributed by atoms with van der Waals surface area (Å²) >= 11 is 2.99. The Bertz CT molecular complexity index is 527. The van der Waals surface area contributed by atoms with Gasteiger partial charge in [0.15, 0.2) is 4.34 Å². The third-order valence-corrected chi connectivity index (χ3v) is 3.76. The van der Waals surface area contributed by atoms with Crippen molar-refractivity contribution in [1.82, 2.24) is 4.98 Å². The topological polar surface area (TPSA) is 36.7 Å². The molecule has 1 aromatic heterocycles. The van der Waals surface area contributed by atoms with Crippen molar-refractivity contribution in [3.05, 3.63) is 23.5 Å². The molecule has 0 aliphatic heterocycles. The fourth-order valence-electron chi connectivity index (χ4n) is 1.10. The van der Waals surface area contributed by atoms with E-state index >= 15 is 0 Å². The molecule has 0 atom stereocenters. The maximum Gasteiger partial charge on any atom is 0.150 e. The van der Waals surface area contributed by atoms with E-state index in [-0.39, 0.29) is 5.56 Å². The van der Waals surface area contributed by atoms with E-state index in [1.54, 1.807) is 6.07 Å². The maximum absolute atomic E-state index is 13.2. The molecule has 0 saturated heterocycles. The van der Waals surface area contributed by atoms with E-state index in [0.29, 0.717) is 5.52 Å². The Morgan fingerprint density at radius 3 is 3.00 bits per heavy atom. The number of hydrogen-bond donors (Lipinski definition) is 0. The Balaban J connectivity index is 2.71. The van der Waals surface area contributed by atoms with Crippen LogP contribution in [0.3, 0.4) is 0 Å². The number of nitrogens with zero attached hydrogens (tertiary/aromatic N) is 2. The van der Waals surface area contributed by atoms with E-state index in [1.807, 2.05) is 12.3 Å². The summed E-state index contributed by atoms with van der Waals surface area (Å²) in [6, 6.07) is 4.67. The molecule has 0 unspecified atom stereocenters. The summed E-state index contributed by atoms with van der Waals surface area (Å²) in [4.78, 5) is 4.20.